The largest absolute Gasteiger partial charge is 0.171 e. The molecule has 0 aliphatic rings. The fourth-order valence-corrected chi connectivity index (χ4v) is 0.813. The maximum atomic E-state index is 4.29. The van der Waals surface area contributed by atoms with Gasteiger partial charge in [-0.05, 0) is 12.8 Å². The number of hydrogen-bond donors (Lipinski definition) is 1. The van der Waals surface area contributed by atoms with E-state index in [1.807, 2.05) is 6.08 Å². The maximum Gasteiger partial charge on any atom is 0.0231 e. The molecule has 0 bridgehead atoms. The van der Waals surface area contributed by atoms with Crippen LogP contribution in [0.3, 0.4) is 0 Å². The molecule has 0 fully saturated rings. The monoisotopic (exact) mass is 142 g/mol. The molecule has 0 aliphatic heterocycles. The molecular weight excluding hydrogens is 128 g/mol. The molecule has 0 aromatic rings. The van der Waals surface area contributed by atoms with E-state index in [0.29, 0.717) is 5.25 Å². The fourth-order valence-electron chi connectivity index (χ4n) is 0.542. The third-order valence-corrected chi connectivity index (χ3v) is 1.39. The van der Waals surface area contributed by atoms with Crippen molar-refractivity contribution in [2.45, 2.75) is 25.0 Å². The Balaban J connectivity index is 3.35. The van der Waals surface area contributed by atoms with Gasteiger partial charge >= 0.3 is 0 Å². The zero-order valence-electron chi connectivity index (χ0n) is 5.88. The quantitative estimate of drug-likeness (QED) is 0.453. The SMILES string of the molecule is C=CCC(S)/C=C\CC. The summed E-state index contributed by atoms with van der Waals surface area (Å²) < 4.78 is 0. The molecule has 0 aliphatic carbocycles. The average Bonchev–Trinajstić information content (AvgIpc) is 1.85. The topological polar surface area (TPSA) is 0 Å². The lowest BCUT2D eigenvalue weighted by molar-refractivity contribution is 1.07. The number of hydrogen-bond acceptors (Lipinski definition) is 1. The van der Waals surface area contributed by atoms with E-state index in [-0.39, 0.29) is 0 Å². The van der Waals surface area contributed by atoms with Crippen LogP contribution in [0.1, 0.15) is 19.8 Å². The van der Waals surface area contributed by atoms with Gasteiger partial charge in [-0.1, -0.05) is 25.2 Å². The van der Waals surface area contributed by atoms with Gasteiger partial charge < -0.3 is 0 Å². The van der Waals surface area contributed by atoms with Crippen molar-refractivity contribution in [1.82, 2.24) is 0 Å². The van der Waals surface area contributed by atoms with Gasteiger partial charge in [-0.2, -0.15) is 12.6 Å². The van der Waals surface area contributed by atoms with Crippen LogP contribution < -0.4 is 0 Å². The smallest absolute Gasteiger partial charge is 0.0231 e. The van der Waals surface area contributed by atoms with Gasteiger partial charge in [-0.15, -0.1) is 6.58 Å². The molecule has 0 N–H and O–H groups in total. The van der Waals surface area contributed by atoms with Gasteiger partial charge in [0.1, 0.15) is 0 Å². The second kappa shape index (κ2) is 5.96. The van der Waals surface area contributed by atoms with Gasteiger partial charge in [0, 0.05) is 5.25 Å². The van der Waals surface area contributed by atoms with Crippen LogP contribution in [-0.4, -0.2) is 5.25 Å². The van der Waals surface area contributed by atoms with Gasteiger partial charge in [-0.25, -0.2) is 0 Å². The van der Waals surface area contributed by atoms with Gasteiger partial charge in [-0.3, -0.25) is 0 Å². The minimum absolute atomic E-state index is 0.363. The maximum absolute atomic E-state index is 4.29. The van der Waals surface area contributed by atoms with E-state index >= 15 is 0 Å². The first-order valence-corrected chi connectivity index (χ1v) is 3.78. The first kappa shape index (κ1) is 8.83. The van der Waals surface area contributed by atoms with Gasteiger partial charge in [0.15, 0.2) is 0 Å². The molecule has 0 saturated heterocycles. The van der Waals surface area contributed by atoms with Crippen LogP contribution in [0.2, 0.25) is 0 Å². The zero-order valence-corrected chi connectivity index (χ0v) is 6.77. The summed E-state index contributed by atoms with van der Waals surface area (Å²) in [5.41, 5.74) is 0. The number of rotatable bonds is 4. The zero-order chi connectivity index (χ0) is 7.11. The van der Waals surface area contributed by atoms with Crippen LogP contribution in [0.25, 0.3) is 0 Å². The molecular formula is C8H14S. The van der Waals surface area contributed by atoms with Crippen LogP contribution in [0.4, 0.5) is 0 Å². The molecule has 9 heavy (non-hydrogen) atoms. The van der Waals surface area contributed by atoms with Crippen LogP contribution in [0.5, 0.6) is 0 Å². The van der Waals surface area contributed by atoms with Crippen molar-refractivity contribution in [2.24, 2.45) is 0 Å². The molecule has 0 radical (unpaired) electrons. The lowest BCUT2D eigenvalue weighted by Gasteiger charge is -1.97. The first-order chi connectivity index (χ1) is 4.31. The predicted octanol–water partition coefficient (Wildman–Crippen LogP) is 2.83. The van der Waals surface area contributed by atoms with E-state index in [0.717, 1.165) is 12.8 Å². The van der Waals surface area contributed by atoms with Crippen molar-refractivity contribution in [1.29, 1.82) is 0 Å². The molecule has 0 amide bonds. The lowest BCUT2D eigenvalue weighted by Crippen LogP contribution is -1.88. The Labute approximate surface area is 63.1 Å². The van der Waals surface area contributed by atoms with E-state index in [1.165, 1.54) is 0 Å². The van der Waals surface area contributed by atoms with Crippen molar-refractivity contribution in [3.05, 3.63) is 24.8 Å². The summed E-state index contributed by atoms with van der Waals surface area (Å²) >= 11 is 4.29. The Morgan fingerprint density at radius 3 is 2.78 bits per heavy atom. The van der Waals surface area contributed by atoms with Crippen LogP contribution in [0.15, 0.2) is 24.8 Å². The van der Waals surface area contributed by atoms with Crippen molar-refractivity contribution < 1.29 is 0 Å². The number of thiol groups is 1. The highest BCUT2D eigenvalue weighted by molar-refractivity contribution is 7.81. The molecule has 1 atom stereocenters. The Hall–Kier alpha value is -0.170. The van der Waals surface area contributed by atoms with Crippen molar-refractivity contribution in [3.63, 3.8) is 0 Å². The normalized spacial score (nSPS) is 14.0. The Morgan fingerprint density at radius 2 is 2.33 bits per heavy atom. The number of allylic oxidation sites excluding steroid dienone is 2. The summed E-state index contributed by atoms with van der Waals surface area (Å²) in [5, 5.41) is 0.363. The van der Waals surface area contributed by atoms with E-state index in [4.69, 9.17) is 0 Å². The molecule has 0 nitrogen and oxygen atoms in total. The van der Waals surface area contributed by atoms with Crippen molar-refractivity contribution >= 4 is 12.6 Å². The molecule has 1 heteroatoms. The average molecular weight is 142 g/mol. The van der Waals surface area contributed by atoms with Gasteiger partial charge in [0.2, 0.25) is 0 Å². The van der Waals surface area contributed by atoms with Crippen LogP contribution in [0, 0.1) is 0 Å². The highest BCUT2D eigenvalue weighted by Crippen LogP contribution is 2.03. The van der Waals surface area contributed by atoms with Crippen molar-refractivity contribution in [2.75, 3.05) is 0 Å². The summed E-state index contributed by atoms with van der Waals surface area (Å²) in [6.07, 6.45) is 8.16. The molecule has 0 spiro atoms. The Bertz CT molecular complexity index is 94.7. The molecule has 1 unspecified atom stereocenters. The van der Waals surface area contributed by atoms with E-state index in [2.05, 4.69) is 38.3 Å². The van der Waals surface area contributed by atoms with E-state index in [9.17, 15) is 0 Å². The minimum Gasteiger partial charge on any atom is -0.171 e. The summed E-state index contributed by atoms with van der Waals surface area (Å²) in [7, 11) is 0. The molecule has 0 aromatic carbocycles. The third-order valence-electron chi connectivity index (χ3n) is 1.00. The second-order valence-corrected chi connectivity index (χ2v) is 2.59. The van der Waals surface area contributed by atoms with E-state index < -0.39 is 0 Å². The summed E-state index contributed by atoms with van der Waals surface area (Å²) in [6, 6.07) is 0. The highest BCUT2D eigenvalue weighted by atomic mass is 32.1. The molecule has 0 rings (SSSR count). The standard InChI is InChI=1S/C8H14S/c1-3-5-7-8(9)6-4-2/h4-5,7-9H,2-3,6H2,1H3/b7-5-. The van der Waals surface area contributed by atoms with E-state index in [1.54, 1.807) is 0 Å². The van der Waals surface area contributed by atoms with Gasteiger partial charge in [0.05, 0.1) is 0 Å². The highest BCUT2D eigenvalue weighted by Gasteiger charge is 1.90. The fraction of sp³-hybridized carbons (Fsp3) is 0.500. The third kappa shape index (κ3) is 5.71. The Kier molecular flexibility index (Phi) is 5.85. The second-order valence-electron chi connectivity index (χ2n) is 1.93. The van der Waals surface area contributed by atoms with Gasteiger partial charge in [0.25, 0.3) is 0 Å². The Morgan fingerprint density at radius 1 is 1.67 bits per heavy atom. The van der Waals surface area contributed by atoms with Crippen LogP contribution in [-0.2, 0) is 0 Å². The molecule has 0 saturated carbocycles. The first-order valence-electron chi connectivity index (χ1n) is 3.26. The molecule has 0 aromatic heterocycles. The predicted molar refractivity (Wildman–Crippen MR) is 47.0 cm³/mol. The van der Waals surface area contributed by atoms with Crippen LogP contribution >= 0.6 is 12.6 Å². The molecule has 0 heterocycles. The van der Waals surface area contributed by atoms with Crippen molar-refractivity contribution in [3.8, 4) is 0 Å². The lowest BCUT2D eigenvalue weighted by atomic mass is 10.2. The summed E-state index contributed by atoms with van der Waals surface area (Å²) in [4.78, 5) is 0. The summed E-state index contributed by atoms with van der Waals surface area (Å²) in [6.45, 7) is 5.74. The minimum atomic E-state index is 0.363. The molecule has 52 valence electrons. The summed E-state index contributed by atoms with van der Waals surface area (Å²) in [5.74, 6) is 0.